The van der Waals surface area contributed by atoms with E-state index < -0.39 is 28.8 Å². The fraction of sp³-hybridized carbons (Fsp3) is 0.308. The van der Waals surface area contributed by atoms with Gasteiger partial charge in [0.1, 0.15) is 12.7 Å². The zero-order chi connectivity index (χ0) is 21.0. The smallest absolute Gasteiger partial charge is 0.294 e. The van der Waals surface area contributed by atoms with Gasteiger partial charge in [-0.1, -0.05) is 51.4 Å². The number of benzene rings is 1. The molecule has 1 aliphatic rings. The molecule has 0 spiro atoms. The molecule has 1 aliphatic heterocycles. The number of halogens is 2. The first-order chi connectivity index (χ1) is 13.1. The van der Waals surface area contributed by atoms with Crippen LogP contribution in [0.1, 0.15) is 5.56 Å². The predicted molar refractivity (Wildman–Crippen MR) is 106 cm³/mol. The Morgan fingerprint density at radius 3 is 2.46 bits per heavy atom. The highest BCUT2D eigenvalue weighted by atomic mass is 35.5. The van der Waals surface area contributed by atoms with E-state index in [1.807, 2.05) is 0 Å². The Hall–Kier alpha value is -2.09. The van der Waals surface area contributed by atoms with E-state index in [0.717, 1.165) is 21.6 Å². The molecule has 1 amide bonds. The Morgan fingerprint density at radius 2 is 1.86 bits per heavy atom. The van der Waals surface area contributed by atoms with Crippen molar-refractivity contribution in [3.8, 4) is 0 Å². The largest absolute Gasteiger partial charge is 0.350 e. The van der Waals surface area contributed by atoms with Crippen molar-refractivity contribution in [1.29, 1.82) is 0 Å². The van der Waals surface area contributed by atoms with Gasteiger partial charge in [0.2, 0.25) is 0 Å². The Bertz CT molecular complexity index is 855. The number of hydrogen-bond donors (Lipinski definition) is 2. The third-order valence-electron chi connectivity index (χ3n) is 3.36. The van der Waals surface area contributed by atoms with Gasteiger partial charge in [0.05, 0.1) is 32.0 Å². The summed E-state index contributed by atoms with van der Waals surface area (Å²) in [5.41, 5.74) is 1.65. The first-order valence-corrected chi connectivity index (χ1v) is 10.4. The van der Waals surface area contributed by atoms with Crippen molar-refractivity contribution in [3.05, 3.63) is 48.1 Å². The Morgan fingerprint density at radius 1 is 1.18 bits per heavy atom. The van der Waals surface area contributed by atoms with Gasteiger partial charge < -0.3 is 20.3 Å². The second kappa shape index (κ2) is 9.41. The second-order valence-corrected chi connectivity index (χ2v) is 8.34. The minimum atomic E-state index is -1.19. The van der Waals surface area contributed by atoms with Crippen LogP contribution in [0.5, 0.6) is 0 Å². The van der Waals surface area contributed by atoms with Crippen LogP contribution in [0.2, 0.25) is 10.0 Å². The zero-order valence-electron chi connectivity index (χ0n) is 14.0. The van der Waals surface area contributed by atoms with Gasteiger partial charge in [-0.3, -0.25) is 4.79 Å². The van der Waals surface area contributed by atoms with Gasteiger partial charge in [0.15, 0.2) is 0 Å². The second-order valence-electron chi connectivity index (χ2n) is 5.23. The molecule has 1 aromatic rings. The fourth-order valence-electron chi connectivity index (χ4n) is 2.08. The topological polar surface area (TPSA) is 146 Å². The SMILES string of the molecule is C=C1Nc2c(C)c(Cl)c(Cl)c(SSCC(CO[N+](=O)[O-])O[N+](=O)[O-])c2NC1=O. The minimum absolute atomic E-state index is 0.0514. The van der Waals surface area contributed by atoms with E-state index in [4.69, 9.17) is 23.2 Å². The molecule has 0 saturated heterocycles. The van der Waals surface area contributed by atoms with Crippen LogP contribution in [0.3, 0.4) is 0 Å². The molecule has 1 aromatic carbocycles. The Kier molecular flexibility index (Phi) is 7.46. The standard InChI is InChI=1S/C13H12Cl2N4O7S2/c1-5-8(14)9(15)12(11-10(5)16-6(2)13(20)17-11)28-27-4-7(26-19(23)24)3-25-18(21)22/h7,16H,2-4H2,1H3,(H,17,20). The molecule has 15 heteroatoms. The van der Waals surface area contributed by atoms with Crippen LogP contribution in [-0.2, 0) is 14.5 Å². The van der Waals surface area contributed by atoms with Crippen molar-refractivity contribution in [2.75, 3.05) is 23.0 Å². The van der Waals surface area contributed by atoms with Crippen LogP contribution >= 0.6 is 44.8 Å². The van der Waals surface area contributed by atoms with Crippen LogP contribution in [-0.4, -0.2) is 34.5 Å². The van der Waals surface area contributed by atoms with Crippen molar-refractivity contribution in [2.45, 2.75) is 17.9 Å². The summed E-state index contributed by atoms with van der Waals surface area (Å²) in [6, 6.07) is 0. The van der Waals surface area contributed by atoms with E-state index in [0.29, 0.717) is 21.8 Å². The van der Waals surface area contributed by atoms with Crippen molar-refractivity contribution in [2.24, 2.45) is 0 Å². The third-order valence-corrected chi connectivity index (χ3v) is 6.88. The number of hydrogen-bond acceptors (Lipinski definition) is 10. The molecule has 0 radical (unpaired) electrons. The molecule has 152 valence electrons. The summed E-state index contributed by atoms with van der Waals surface area (Å²) in [6.07, 6.45) is -1.19. The number of amides is 1. The van der Waals surface area contributed by atoms with Crippen LogP contribution in [0.15, 0.2) is 17.2 Å². The highest BCUT2D eigenvalue weighted by Crippen LogP contribution is 2.51. The van der Waals surface area contributed by atoms with Gasteiger partial charge in [0, 0.05) is 5.75 Å². The summed E-state index contributed by atoms with van der Waals surface area (Å²) < 4.78 is 0. The molecule has 0 saturated carbocycles. The van der Waals surface area contributed by atoms with E-state index in [1.165, 1.54) is 0 Å². The predicted octanol–water partition coefficient (Wildman–Crippen LogP) is 3.71. The lowest BCUT2D eigenvalue weighted by atomic mass is 10.1. The van der Waals surface area contributed by atoms with E-state index >= 15 is 0 Å². The quantitative estimate of drug-likeness (QED) is 0.237. The maximum atomic E-state index is 11.9. The molecule has 28 heavy (non-hydrogen) atoms. The summed E-state index contributed by atoms with van der Waals surface area (Å²) in [7, 11) is 2.12. The maximum Gasteiger partial charge on any atom is 0.294 e. The molecule has 0 bridgehead atoms. The van der Waals surface area contributed by atoms with Crippen molar-refractivity contribution < 1.29 is 24.6 Å². The summed E-state index contributed by atoms with van der Waals surface area (Å²) in [5.74, 6) is -0.504. The molecule has 0 aromatic heterocycles. The van der Waals surface area contributed by atoms with Gasteiger partial charge in [-0.05, 0) is 12.5 Å². The number of carbonyl (C=O) groups excluding carboxylic acids is 1. The molecule has 2 rings (SSSR count). The number of carbonyl (C=O) groups is 1. The lowest BCUT2D eigenvalue weighted by Gasteiger charge is -2.26. The number of rotatable bonds is 9. The maximum absolute atomic E-state index is 11.9. The fourth-order valence-corrected chi connectivity index (χ4v) is 5.23. The molecule has 11 nitrogen and oxygen atoms in total. The van der Waals surface area contributed by atoms with E-state index in [-0.39, 0.29) is 21.5 Å². The Labute approximate surface area is 175 Å². The number of anilines is 2. The molecular formula is C13H12Cl2N4O7S2. The van der Waals surface area contributed by atoms with Gasteiger partial charge >= 0.3 is 0 Å². The number of nitrogens with one attached hydrogen (secondary N) is 2. The minimum Gasteiger partial charge on any atom is -0.350 e. The van der Waals surface area contributed by atoms with Gasteiger partial charge in [0.25, 0.3) is 16.1 Å². The Balaban J connectivity index is 2.19. The van der Waals surface area contributed by atoms with Crippen molar-refractivity contribution >= 4 is 62.1 Å². The average Bonchev–Trinajstić information content (AvgIpc) is 2.61. The van der Waals surface area contributed by atoms with Gasteiger partial charge in [-0.15, -0.1) is 20.2 Å². The lowest BCUT2D eigenvalue weighted by Crippen LogP contribution is -2.27. The zero-order valence-corrected chi connectivity index (χ0v) is 17.2. The van der Waals surface area contributed by atoms with Crippen LogP contribution in [0.4, 0.5) is 11.4 Å². The van der Waals surface area contributed by atoms with E-state index in [1.54, 1.807) is 6.92 Å². The lowest BCUT2D eigenvalue weighted by molar-refractivity contribution is -0.788. The summed E-state index contributed by atoms with van der Waals surface area (Å²) in [4.78, 5) is 41.6. The summed E-state index contributed by atoms with van der Waals surface area (Å²) in [6.45, 7) is 4.69. The highest BCUT2D eigenvalue weighted by Gasteiger charge is 2.28. The molecule has 1 heterocycles. The van der Waals surface area contributed by atoms with Crippen LogP contribution < -0.4 is 10.6 Å². The van der Waals surface area contributed by atoms with Gasteiger partial charge in [-0.25, -0.2) is 0 Å². The number of fused-ring (bicyclic) bond motifs is 1. The molecular weight excluding hydrogens is 459 g/mol. The molecule has 2 N–H and O–H groups in total. The van der Waals surface area contributed by atoms with E-state index in [2.05, 4.69) is 26.9 Å². The van der Waals surface area contributed by atoms with Crippen molar-refractivity contribution in [3.63, 3.8) is 0 Å². The normalized spacial score (nSPS) is 13.8. The molecule has 1 unspecified atom stereocenters. The van der Waals surface area contributed by atoms with Crippen LogP contribution in [0, 0.1) is 27.2 Å². The van der Waals surface area contributed by atoms with Crippen LogP contribution in [0.25, 0.3) is 0 Å². The number of nitrogens with zero attached hydrogens (tertiary/aromatic N) is 2. The highest BCUT2D eigenvalue weighted by molar-refractivity contribution is 8.76. The van der Waals surface area contributed by atoms with Crippen molar-refractivity contribution in [1.82, 2.24) is 0 Å². The summed E-state index contributed by atoms with van der Waals surface area (Å²) in [5, 5.41) is 24.6. The third kappa shape index (κ3) is 5.25. The van der Waals surface area contributed by atoms with Gasteiger partial charge in [-0.2, -0.15) is 0 Å². The average molecular weight is 471 g/mol. The molecule has 0 aliphatic carbocycles. The summed E-state index contributed by atoms with van der Waals surface area (Å²) >= 11 is 12.6. The molecule has 0 fully saturated rings. The van der Waals surface area contributed by atoms with E-state index in [9.17, 15) is 25.0 Å². The first-order valence-electron chi connectivity index (χ1n) is 7.28. The molecule has 1 atom stereocenters. The monoisotopic (exact) mass is 470 g/mol. The first kappa shape index (κ1) is 22.2.